The van der Waals surface area contributed by atoms with Gasteiger partial charge in [-0.25, -0.2) is 9.79 Å². The zero-order chi connectivity index (χ0) is 21.8. The molecule has 6 nitrogen and oxygen atoms in total. The number of esters is 1. The number of nitrogens with one attached hydrogen (secondary N) is 1. The van der Waals surface area contributed by atoms with Crippen LogP contribution in [0, 0.1) is 0 Å². The van der Waals surface area contributed by atoms with Crippen molar-refractivity contribution in [2.45, 2.75) is 6.92 Å². The van der Waals surface area contributed by atoms with E-state index in [0.717, 1.165) is 5.56 Å². The van der Waals surface area contributed by atoms with Crippen molar-refractivity contribution in [2.24, 2.45) is 4.99 Å². The summed E-state index contributed by atoms with van der Waals surface area (Å²) in [5, 5.41) is 3.85. The molecule has 0 unspecified atom stereocenters. The maximum Gasteiger partial charge on any atom is 0.338 e. The van der Waals surface area contributed by atoms with E-state index in [1.165, 1.54) is 11.8 Å². The molecule has 2 heterocycles. The van der Waals surface area contributed by atoms with Gasteiger partial charge in [0.25, 0.3) is 5.91 Å². The first-order valence-electron chi connectivity index (χ1n) is 9.44. The molecule has 0 spiro atoms. The second kappa shape index (κ2) is 9.24. The molecule has 1 aliphatic rings. The highest BCUT2D eigenvalue weighted by molar-refractivity contribution is 8.18. The molecule has 4 rings (SSSR count). The molecule has 0 radical (unpaired) electrons. The summed E-state index contributed by atoms with van der Waals surface area (Å²) in [5.41, 5.74) is 1.98. The predicted molar refractivity (Wildman–Crippen MR) is 122 cm³/mol. The molecule has 8 heteroatoms. The van der Waals surface area contributed by atoms with E-state index in [1.54, 1.807) is 67.6 Å². The van der Waals surface area contributed by atoms with E-state index in [2.05, 4.69) is 10.3 Å². The number of benzene rings is 2. The second-order valence-electron chi connectivity index (χ2n) is 6.46. The molecule has 0 bridgehead atoms. The van der Waals surface area contributed by atoms with Crippen molar-refractivity contribution in [3.05, 3.63) is 81.9 Å². The summed E-state index contributed by atoms with van der Waals surface area (Å²) in [4.78, 5) is 28.9. The van der Waals surface area contributed by atoms with E-state index < -0.39 is 0 Å². The molecule has 1 aromatic heterocycles. The van der Waals surface area contributed by atoms with Crippen LogP contribution in [0.1, 0.15) is 23.0 Å². The molecule has 0 atom stereocenters. The van der Waals surface area contributed by atoms with Gasteiger partial charge in [-0.05, 0) is 67.2 Å². The fourth-order valence-corrected chi connectivity index (χ4v) is 3.76. The number of amides is 1. The Hall–Kier alpha value is -3.29. The van der Waals surface area contributed by atoms with E-state index in [0.29, 0.717) is 44.5 Å². The number of thioether (sulfide) groups is 1. The number of ether oxygens (including phenoxy) is 1. The van der Waals surface area contributed by atoms with Crippen LogP contribution >= 0.6 is 23.4 Å². The van der Waals surface area contributed by atoms with Crippen LogP contribution < -0.4 is 5.32 Å². The first-order valence-corrected chi connectivity index (χ1v) is 10.6. The fourth-order valence-electron chi connectivity index (χ4n) is 2.81. The van der Waals surface area contributed by atoms with Gasteiger partial charge in [-0.3, -0.25) is 4.79 Å². The third-order valence-corrected chi connectivity index (χ3v) is 5.45. The van der Waals surface area contributed by atoms with Crippen molar-refractivity contribution >= 4 is 52.2 Å². The monoisotopic (exact) mass is 452 g/mol. The summed E-state index contributed by atoms with van der Waals surface area (Å²) in [6, 6.07) is 17.6. The number of hydrogen-bond donors (Lipinski definition) is 1. The summed E-state index contributed by atoms with van der Waals surface area (Å²) in [6.07, 6.45) is 1.67. The van der Waals surface area contributed by atoms with Gasteiger partial charge in [0.15, 0.2) is 5.17 Å². The number of nitrogens with zero attached hydrogens (tertiary/aromatic N) is 1. The van der Waals surface area contributed by atoms with Gasteiger partial charge in [-0.2, -0.15) is 0 Å². The molecule has 0 aliphatic carbocycles. The van der Waals surface area contributed by atoms with E-state index in [4.69, 9.17) is 20.8 Å². The zero-order valence-corrected chi connectivity index (χ0v) is 18.0. The van der Waals surface area contributed by atoms with Crippen LogP contribution in [0.15, 0.2) is 75.0 Å². The largest absolute Gasteiger partial charge is 0.462 e. The number of hydrogen-bond acceptors (Lipinski definition) is 6. The first kappa shape index (κ1) is 21.0. The number of halogens is 1. The van der Waals surface area contributed by atoms with Crippen molar-refractivity contribution in [3.63, 3.8) is 0 Å². The summed E-state index contributed by atoms with van der Waals surface area (Å²) in [5.74, 6) is 0.560. The lowest BCUT2D eigenvalue weighted by Gasteiger charge is -2.02. The average Bonchev–Trinajstić information content (AvgIpc) is 3.37. The second-order valence-corrected chi connectivity index (χ2v) is 7.93. The maximum atomic E-state index is 12.3. The highest BCUT2D eigenvalue weighted by atomic mass is 35.5. The zero-order valence-electron chi connectivity index (χ0n) is 16.4. The smallest absolute Gasteiger partial charge is 0.338 e. The molecule has 1 saturated heterocycles. The lowest BCUT2D eigenvalue weighted by molar-refractivity contribution is -0.115. The van der Waals surface area contributed by atoms with E-state index in [1.807, 2.05) is 6.07 Å². The van der Waals surface area contributed by atoms with Crippen molar-refractivity contribution < 1.29 is 18.7 Å². The van der Waals surface area contributed by atoms with E-state index in [9.17, 15) is 9.59 Å². The topological polar surface area (TPSA) is 80.9 Å². The Kier molecular flexibility index (Phi) is 6.25. The Morgan fingerprint density at radius 1 is 1.13 bits per heavy atom. The lowest BCUT2D eigenvalue weighted by Crippen LogP contribution is -2.19. The fraction of sp³-hybridized carbons (Fsp3) is 0.0870. The quantitative estimate of drug-likeness (QED) is 0.398. The molecule has 2 aromatic carbocycles. The summed E-state index contributed by atoms with van der Waals surface area (Å²) >= 11 is 7.12. The van der Waals surface area contributed by atoms with E-state index >= 15 is 0 Å². The van der Waals surface area contributed by atoms with Crippen LogP contribution in [-0.4, -0.2) is 23.7 Å². The van der Waals surface area contributed by atoms with Crippen molar-refractivity contribution in [1.29, 1.82) is 0 Å². The third-order valence-electron chi connectivity index (χ3n) is 4.29. The first-order chi connectivity index (χ1) is 15.0. The normalized spacial score (nSPS) is 16.0. The number of carbonyl (C=O) groups excluding carboxylic acids is 2. The molecular formula is C23H17ClN2O4S. The number of rotatable bonds is 5. The van der Waals surface area contributed by atoms with Crippen LogP contribution in [0.2, 0.25) is 5.02 Å². The minimum absolute atomic E-state index is 0.241. The molecule has 1 aliphatic heterocycles. The van der Waals surface area contributed by atoms with Gasteiger partial charge < -0.3 is 14.5 Å². The number of amidine groups is 1. The van der Waals surface area contributed by atoms with Crippen LogP contribution in [0.25, 0.3) is 17.4 Å². The minimum Gasteiger partial charge on any atom is -0.462 e. The minimum atomic E-state index is -0.362. The Bertz CT molecular complexity index is 1180. The summed E-state index contributed by atoms with van der Waals surface area (Å²) < 4.78 is 10.8. The van der Waals surface area contributed by atoms with Gasteiger partial charge in [-0.15, -0.1) is 0 Å². The molecule has 3 aromatic rings. The SMILES string of the molecule is CCOC(=O)c1ccc(-c2ccc(/C=C3\SC(=Nc4ccc(Cl)cc4)NC3=O)o2)cc1. The molecule has 1 amide bonds. The lowest BCUT2D eigenvalue weighted by atomic mass is 10.1. The highest BCUT2D eigenvalue weighted by Crippen LogP contribution is 2.30. The Labute approximate surface area is 188 Å². The van der Waals surface area contributed by atoms with E-state index in [-0.39, 0.29) is 11.9 Å². The van der Waals surface area contributed by atoms with Crippen LogP contribution in [-0.2, 0) is 9.53 Å². The Morgan fingerprint density at radius 3 is 2.58 bits per heavy atom. The van der Waals surface area contributed by atoms with Crippen LogP contribution in [0.3, 0.4) is 0 Å². The number of aliphatic imine (C=N–C) groups is 1. The number of carbonyl (C=O) groups is 2. The highest BCUT2D eigenvalue weighted by Gasteiger charge is 2.24. The maximum absolute atomic E-state index is 12.3. The van der Waals surface area contributed by atoms with Crippen LogP contribution in [0.5, 0.6) is 0 Å². The van der Waals surface area contributed by atoms with Gasteiger partial charge in [0, 0.05) is 16.7 Å². The number of furan rings is 1. The van der Waals surface area contributed by atoms with Gasteiger partial charge in [0.1, 0.15) is 11.5 Å². The standard InChI is InChI=1S/C23H17ClN2O4S/c1-2-29-22(28)15-5-3-14(4-6-15)19-12-11-18(30-19)13-20-21(27)26-23(31-20)25-17-9-7-16(24)8-10-17/h3-13H,2H2,1H3,(H,25,26,27)/b20-13-. The predicted octanol–water partition coefficient (Wildman–Crippen LogP) is 5.67. The van der Waals surface area contributed by atoms with Crippen molar-refractivity contribution in [1.82, 2.24) is 5.32 Å². The molecule has 0 saturated carbocycles. The molecular weight excluding hydrogens is 436 g/mol. The molecule has 1 fully saturated rings. The van der Waals surface area contributed by atoms with Crippen molar-refractivity contribution in [2.75, 3.05) is 6.61 Å². The van der Waals surface area contributed by atoms with Gasteiger partial charge in [0.2, 0.25) is 0 Å². The van der Waals surface area contributed by atoms with Crippen molar-refractivity contribution in [3.8, 4) is 11.3 Å². The average molecular weight is 453 g/mol. The summed E-state index contributed by atoms with van der Waals surface area (Å²) in [7, 11) is 0. The van der Waals surface area contributed by atoms with Gasteiger partial charge >= 0.3 is 5.97 Å². The van der Waals surface area contributed by atoms with Gasteiger partial charge in [0.05, 0.1) is 22.8 Å². The molecule has 156 valence electrons. The Balaban J connectivity index is 1.48. The Morgan fingerprint density at radius 2 is 1.87 bits per heavy atom. The molecule has 31 heavy (non-hydrogen) atoms. The van der Waals surface area contributed by atoms with Crippen LogP contribution in [0.4, 0.5) is 5.69 Å². The summed E-state index contributed by atoms with van der Waals surface area (Å²) in [6.45, 7) is 2.09. The third kappa shape index (κ3) is 5.07. The van der Waals surface area contributed by atoms with Gasteiger partial charge in [-0.1, -0.05) is 23.7 Å². The molecule has 1 N–H and O–H groups in total.